The maximum Gasteiger partial charge on any atom is 0.234 e. The van der Waals surface area contributed by atoms with Crippen LogP contribution in [0, 0.1) is 11.3 Å². The van der Waals surface area contributed by atoms with Crippen molar-refractivity contribution in [3.05, 3.63) is 36.2 Å². The van der Waals surface area contributed by atoms with Gasteiger partial charge in [-0.05, 0) is 6.07 Å². The Hall–Kier alpha value is -2.26. The van der Waals surface area contributed by atoms with E-state index < -0.39 is 0 Å². The monoisotopic (exact) mass is 227 g/mol. The minimum Gasteiger partial charge on any atom is -0.192 e. The second-order valence-electron chi connectivity index (χ2n) is 3.12. The van der Waals surface area contributed by atoms with Crippen LogP contribution in [-0.4, -0.2) is 19.8 Å². The second kappa shape index (κ2) is 3.40. The van der Waals surface area contributed by atoms with E-state index in [1.807, 2.05) is 18.2 Å². The van der Waals surface area contributed by atoms with Crippen LogP contribution in [0.1, 0.15) is 5.56 Å². The molecule has 0 spiro atoms. The van der Waals surface area contributed by atoms with Gasteiger partial charge >= 0.3 is 0 Å². The molecule has 0 atom stereocenters. The third-order valence-corrected chi connectivity index (χ3v) is 3.11. The number of benzene rings is 1. The molecule has 0 saturated heterocycles. The highest BCUT2D eigenvalue weighted by molar-refractivity contribution is 7.19. The molecular weight excluding hydrogens is 222 g/mol. The van der Waals surface area contributed by atoms with E-state index in [0.29, 0.717) is 5.56 Å². The van der Waals surface area contributed by atoms with Crippen LogP contribution in [-0.2, 0) is 0 Å². The summed E-state index contributed by atoms with van der Waals surface area (Å²) in [6, 6.07) is 9.53. The van der Waals surface area contributed by atoms with Crippen molar-refractivity contribution in [3.8, 4) is 16.6 Å². The summed E-state index contributed by atoms with van der Waals surface area (Å²) in [5.74, 6) is 0. The topological polar surface area (TPSA) is 66.9 Å². The molecule has 0 N–H and O–H groups in total. The van der Waals surface area contributed by atoms with Gasteiger partial charge < -0.3 is 0 Å². The van der Waals surface area contributed by atoms with Crippen LogP contribution in [0.5, 0.6) is 0 Å². The van der Waals surface area contributed by atoms with Crippen molar-refractivity contribution in [2.45, 2.75) is 0 Å². The third kappa shape index (κ3) is 1.26. The molecule has 76 valence electrons. The normalized spacial score (nSPS) is 10.4. The lowest BCUT2D eigenvalue weighted by Gasteiger charge is -1.96. The summed E-state index contributed by atoms with van der Waals surface area (Å²) in [5, 5.41) is 21.7. The van der Waals surface area contributed by atoms with E-state index in [4.69, 9.17) is 5.26 Å². The lowest BCUT2D eigenvalue weighted by Crippen LogP contribution is -1.85. The number of hydrogen-bond donors (Lipinski definition) is 0. The summed E-state index contributed by atoms with van der Waals surface area (Å²) in [4.78, 5) is 0.725. The van der Waals surface area contributed by atoms with Crippen LogP contribution in [0.2, 0.25) is 0 Å². The standard InChI is InChI=1S/C10H5N5S/c11-5-7-3-1-2-4-8(7)9-14-15-6-12-13-10(15)16-9/h1-4,6H. The summed E-state index contributed by atoms with van der Waals surface area (Å²) in [5.41, 5.74) is 1.45. The first kappa shape index (κ1) is 9.00. The first-order valence-electron chi connectivity index (χ1n) is 4.55. The lowest BCUT2D eigenvalue weighted by atomic mass is 10.1. The number of rotatable bonds is 1. The Morgan fingerprint density at radius 3 is 3.00 bits per heavy atom. The van der Waals surface area contributed by atoms with Crippen LogP contribution >= 0.6 is 11.3 Å². The average Bonchev–Trinajstić information content (AvgIpc) is 2.89. The molecule has 6 heteroatoms. The number of aromatic nitrogens is 4. The zero-order chi connectivity index (χ0) is 11.0. The van der Waals surface area contributed by atoms with Crippen molar-refractivity contribution in [1.29, 1.82) is 5.26 Å². The lowest BCUT2D eigenvalue weighted by molar-refractivity contribution is 0.959. The molecule has 0 radical (unpaired) electrons. The maximum absolute atomic E-state index is 9.00. The van der Waals surface area contributed by atoms with Gasteiger partial charge in [0, 0.05) is 5.56 Å². The van der Waals surface area contributed by atoms with Crippen LogP contribution in [0.3, 0.4) is 0 Å². The predicted octanol–water partition coefficient (Wildman–Crippen LogP) is 1.72. The molecule has 0 bridgehead atoms. The minimum atomic E-state index is 0.618. The van der Waals surface area contributed by atoms with Gasteiger partial charge in [-0.15, -0.1) is 10.2 Å². The summed E-state index contributed by atoms with van der Waals surface area (Å²) >= 11 is 1.41. The number of hydrogen-bond acceptors (Lipinski definition) is 5. The molecule has 0 saturated carbocycles. The zero-order valence-corrected chi connectivity index (χ0v) is 8.85. The molecular formula is C10H5N5S. The number of nitriles is 1. The Morgan fingerprint density at radius 1 is 1.31 bits per heavy atom. The van der Waals surface area contributed by atoms with Gasteiger partial charge in [0.2, 0.25) is 4.96 Å². The zero-order valence-electron chi connectivity index (χ0n) is 8.03. The second-order valence-corrected chi connectivity index (χ2v) is 4.08. The Kier molecular flexibility index (Phi) is 1.91. The van der Waals surface area contributed by atoms with Crippen molar-refractivity contribution >= 4 is 16.3 Å². The highest BCUT2D eigenvalue weighted by Crippen LogP contribution is 2.27. The SMILES string of the molecule is N#Cc1ccccc1-c1nn2cnnc2s1. The van der Waals surface area contributed by atoms with E-state index >= 15 is 0 Å². The minimum absolute atomic E-state index is 0.618. The molecule has 0 unspecified atom stereocenters. The van der Waals surface area contributed by atoms with Gasteiger partial charge in [-0.1, -0.05) is 29.5 Å². The first-order valence-corrected chi connectivity index (χ1v) is 5.36. The van der Waals surface area contributed by atoms with E-state index in [9.17, 15) is 0 Å². The molecule has 5 nitrogen and oxygen atoms in total. The smallest absolute Gasteiger partial charge is 0.192 e. The quantitative estimate of drug-likeness (QED) is 0.635. The fraction of sp³-hybridized carbons (Fsp3) is 0. The highest BCUT2D eigenvalue weighted by Gasteiger charge is 2.10. The Morgan fingerprint density at radius 2 is 2.19 bits per heavy atom. The van der Waals surface area contributed by atoms with Crippen molar-refractivity contribution in [2.24, 2.45) is 0 Å². The molecule has 2 aromatic heterocycles. The predicted molar refractivity (Wildman–Crippen MR) is 58.8 cm³/mol. The van der Waals surface area contributed by atoms with Crippen molar-refractivity contribution in [3.63, 3.8) is 0 Å². The highest BCUT2D eigenvalue weighted by atomic mass is 32.1. The number of fused-ring (bicyclic) bond motifs is 1. The summed E-state index contributed by atoms with van der Waals surface area (Å²) in [6.07, 6.45) is 1.55. The Balaban J connectivity index is 2.23. The van der Waals surface area contributed by atoms with E-state index in [-0.39, 0.29) is 0 Å². The summed E-state index contributed by atoms with van der Waals surface area (Å²) in [6.45, 7) is 0. The van der Waals surface area contributed by atoms with Crippen LogP contribution in [0.15, 0.2) is 30.6 Å². The van der Waals surface area contributed by atoms with Gasteiger partial charge in [-0.3, -0.25) is 0 Å². The van der Waals surface area contributed by atoms with Crippen LogP contribution < -0.4 is 0 Å². The first-order chi connectivity index (χ1) is 7.88. The van der Waals surface area contributed by atoms with Gasteiger partial charge in [0.25, 0.3) is 0 Å². The van der Waals surface area contributed by atoms with E-state index in [1.165, 1.54) is 11.3 Å². The van der Waals surface area contributed by atoms with Crippen molar-refractivity contribution in [2.75, 3.05) is 0 Å². The molecule has 16 heavy (non-hydrogen) atoms. The third-order valence-electron chi connectivity index (χ3n) is 2.16. The number of nitrogens with zero attached hydrogens (tertiary/aromatic N) is 5. The average molecular weight is 227 g/mol. The summed E-state index contributed by atoms with van der Waals surface area (Å²) < 4.78 is 1.61. The molecule has 0 aliphatic heterocycles. The molecule has 0 aliphatic rings. The fourth-order valence-corrected chi connectivity index (χ4v) is 2.29. The van der Waals surface area contributed by atoms with Gasteiger partial charge in [0.05, 0.1) is 11.6 Å². The molecule has 0 aliphatic carbocycles. The van der Waals surface area contributed by atoms with Crippen LogP contribution in [0.25, 0.3) is 15.5 Å². The van der Waals surface area contributed by atoms with Crippen molar-refractivity contribution in [1.82, 2.24) is 19.8 Å². The maximum atomic E-state index is 9.00. The van der Waals surface area contributed by atoms with Gasteiger partial charge in [-0.25, -0.2) is 0 Å². The summed E-state index contributed by atoms with van der Waals surface area (Å²) in [7, 11) is 0. The Bertz CT molecular complexity index is 662. The van der Waals surface area contributed by atoms with E-state index in [0.717, 1.165) is 15.5 Å². The molecule has 3 aromatic rings. The molecule has 2 heterocycles. The Labute approximate surface area is 94.6 Å². The van der Waals surface area contributed by atoms with Gasteiger partial charge in [-0.2, -0.15) is 14.9 Å². The van der Waals surface area contributed by atoms with Crippen molar-refractivity contribution < 1.29 is 0 Å². The largest absolute Gasteiger partial charge is 0.234 e. The van der Waals surface area contributed by atoms with Gasteiger partial charge in [0.15, 0.2) is 0 Å². The fourth-order valence-electron chi connectivity index (χ4n) is 1.44. The molecule has 0 fully saturated rings. The molecule has 0 amide bonds. The van der Waals surface area contributed by atoms with E-state index in [1.54, 1.807) is 16.9 Å². The van der Waals surface area contributed by atoms with E-state index in [2.05, 4.69) is 21.4 Å². The van der Waals surface area contributed by atoms with Crippen LogP contribution in [0.4, 0.5) is 0 Å². The van der Waals surface area contributed by atoms with Gasteiger partial charge in [0.1, 0.15) is 11.3 Å². The molecule has 3 rings (SSSR count). The molecule has 1 aromatic carbocycles.